The fourth-order valence-corrected chi connectivity index (χ4v) is 5.25. The van der Waals surface area contributed by atoms with Crippen molar-refractivity contribution in [1.82, 2.24) is 34.5 Å². The fraction of sp³-hybridized carbons (Fsp3) is 0.250. The van der Waals surface area contributed by atoms with Crippen molar-refractivity contribution in [3.05, 3.63) is 72.7 Å². The maximum Gasteiger partial charge on any atom is 0.194 e. The van der Waals surface area contributed by atoms with Crippen LogP contribution < -0.4 is 0 Å². The van der Waals surface area contributed by atoms with Gasteiger partial charge in [0.05, 0.1) is 0 Å². The van der Waals surface area contributed by atoms with Crippen LogP contribution in [0.4, 0.5) is 0 Å². The molecule has 5 heterocycles. The number of hydrogen-bond donors (Lipinski definition) is 0. The van der Waals surface area contributed by atoms with Crippen molar-refractivity contribution in [2.45, 2.75) is 16.3 Å². The van der Waals surface area contributed by atoms with Gasteiger partial charge in [-0.3, -0.25) is 9.88 Å². The molecule has 1 saturated heterocycles. The molecular formula is C24H23N7S. The van der Waals surface area contributed by atoms with Crippen molar-refractivity contribution in [2.75, 3.05) is 33.2 Å². The molecule has 0 aliphatic carbocycles. The zero-order valence-corrected chi connectivity index (χ0v) is 18.6. The number of piperazine rings is 1. The van der Waals surface area contributed by atoms with Crippen LogP contribution >= 0.6 is 11.8 Å². The second-order valence-corrected chi connectivity index (χ2v) is 9.16. The van der Waals surface area contributed by atoms with Gasteiger partial charge in [-0.05, 0) is 42.6 Å². The highest BCUT2D eigenvalue weighted by Crippen LogP contribution is 2.43. The van der Waals surface area contributed by atoms with E-state index >= 15 is 0 Å². The number of rotatable bonds is 3. The maximum absolute atomic E-state index is 4.96. The lowest BCUT2D eigenvalue weighted by Crippen LogP contribution is -2.48. The highest BCUT2D eigenvalue weighted by atomic mass is 32.2. The summed E-state index contributed by atoms with van der Waals surface area (Å²) in [5.74, 6) is 0.704. The molecule has 6 rings (SSSR count). The molecule has 1 aromatic carbocycles. The van der Waals surface area contributed by atoms with E-state index in [0.717, 1.165) is 47.5 Å². The summed E-state index contributed by atoms with van der Waals surface area (Å²) in [6.07, 6.45) is 5.53. The van der Waals surface area contributed by atoms with Crippen LogP contribution in [0, 0.1) is 0 Å². The van der Waals surface area contributed by atoms with Crippen molar-refractivity contribution >= 4 is 11.8 Å². The lowest BCUT2D eigenvalue weighted by Gasteiger charge is -2.39. The first-order valence-electron chi connectivity index (χ1n) is 10.8. The molecule has 32 heavy (non-hydrogen) atoms. The first kappa shape index (κ1) is 19.6. The molecule has 0 bridgehead atoms. The molecule has 160 valence electrons. The number of fused-ring (bicyclic) bond motifs is 2. The predicted octanol–water partition coefficient (Wildman–Crippen LogP) is 3.66. The lowest BCUT2D eigenvalue weighted by atomic mass is 10.0. The van der Waals surface area contributed by atoms with Gasteiger partial charge in [0.1, 0.15) is 11.2 Å². The third-order valence-electron chi connectivity index (χ3n) is 6.09. The lowest BCUT2D eigenvalue weighted by molar-refractivity contribution is 0.0825. The number of benzene rings is 1. The molecule has 1 atom stereocenters. The van der Waals surface area contributed by atoms with Crippen LogP contribution in [0.3, 0.4) is 0 Å². The summed E-state index contributed by atoms with van der Waals surface area (Å²) >= 11 is 1.59. The summed E-state index contributed by atoms with van der Waals surface area (Å²) in [5.41, 5.74) is 4.41. The van der Waals surface area contributed by atoms with E-state index in [1.165, 1.54) is 11.1 Å². The molecule has 1 fully saturated rings. The minimum Gasteiger partial charge on any atom is -0.304 e. The van der Waals surface area contributed by atoms with E-state index < -0.39 is 0 Å². The van der Waals surface area contributed by atoms with Gasteiger partial charge in [0, 0.05) is 61.5 Å². The zero-order valence-electron chi connectivity index (χ0n) is 17.8. The zero-order chi connectivity index (χ0) is 21.5. The van der Waals surface area contributed by atoms with Gasteiger partial charge in [-0.2, -0.15) is 0 Å². The Morgan fingerprint density at radius 1 is 0.906 bits per heavy atom. The van der Waals surface area contributed by atoms with E-state index in [-0.39, 0.29) is 6.17 Å². The SMILES string of the molecule is CN1CCN(C2c3cc(-c4ccccc4)cnc3Sc3nc(-c4cccnc4)nn32)CC1. The smallest absolute Gasteiger partial charge is 0.194 e. The van der Waals surface area contributed by atoms with Crippen LogP contribution in [0.5, 0.6) is 0 Å². The molecule has 0 amide bonds. The summed E-state index contributed by atoms with van der Waals surface area (Å²) in [7, 11) is 2.18. The van der Waals surface area contributed by atoms with Crippen LogP contribution in [0.2, 0.25) is 0 Å². The molecule has 7 nitrogen and oxygen atoms in total. The molecule has 2 aliphatic heterocycles. The average molecular weight is 442 g/mol. The van der Waals surface area contributed by atoms with Crippen LogP contribution in [-0.4, -0.2) is 67.8 Å². The van der Waals surface area contributed by atoms with Gasteiger partial charge in [0.25, 0.3) is 0 Å². The number of likely N-dealkylation sites (N-methyl/N-ethyl adjacent to an activating group) is 1. The number of nitrogens with zero attached hydrogens (tertiary/aromatic N) is 7. The molecule has 4 aromatic rings. The van der Waals surface area contributed by atoms with Crippen LogP contribution in [0.1, 0.15) is 11.7 Å². The highest BCUT2D eigenvalue weighted by Gasteiger charge is 2.35. The van der Waals surface area contributed by atoms with Gasteiger partial charge in [0.2, 0.25) is 0 Å². The third-order valence-corrected chi connectivity index (χ3v) is 7.08. The van der Waals surface area contributed by atoms with Gasteiger partial charge in [-0.15, -0.1) is 5.10 Å². The second-order valence-electron chi connectivity index (χ2n) is 8.20. The molecule has 2 aliphatic rings. The van der Waals surface area contributed by atoms with Crippen LogP contribution in [0.15, 0.2) is 77.3 Å². The van der Waals surface area contributed by atoms with Gasteiger partial charge >= 0.3 is 0 Å². The monoisotopic (exact) mass is 441 g/mol. The maximum atomic E-state index is 4.96. The molecule has 0 spiro atoms. The van der Waals surface area contributed by atoms with Crippen LogP contribution in [0.25, 0.3) is 22.5 Å². The van der Waals surface area contributed by atoms with Gasteiger partial charge < -0.3 is 4.90 Å². The molecule has 3 aromatic heterocycles. The third kappa shape index (κ3) is 3.50. The Morgan fingerprint density at radius 3 is 2.50 bits per heavy atom. The molecule has 1 unspecified atom stereocenters. The minimum atomic E-state index is -0.0240. The Hall–Kier alpha value is -3.07. The standard InChI is InChI=1S/C24H23N7S/c1-29-10-12-30(13-11-29)23-20-14-19(17-6-3-2-4-7-17)16-26-22(20)32-24-27-21(28-31(23)24)18-8-5-9-25-15-18/h2-9,14-16,23H,10-13H2,1H3. The van der Waals surface area contributed by atoms with Crippen molar-refractivity contribution < 1.29 is 0 Å². The van der Waals surface area contributed by atoms with Crippen molar-refractivity contribution in [1.29, 1.82) is 0 Å². The summed E-state index contributed by atoms with van der Waals surface area (Å²) in [4.78, 5) is 18.8. The van der Waals surface area contributed by atoms with Gasteiger partial charge in [-0.25, -0.2) is 14.6 Å². The molecule has 0 saturated carbocycles. The van der Waals surface area contributed by atoms with E-state index in [2.05, 4.69) is 56.8 Å². The van der Waals surface area contributed by atoms with E-state index in [1.54, 1.807) is 18.0 Å². The van der Waals surface area contributed by atoms with Crippen molar-refractivity contribution in [3.8, 4) is 22.5 Å². The summed E-state index contributed by atoms with van der Waals surface area (Å²) in [5, 5.41) is 6.84. The second kappa shape index (κ2) is 8.12. The minimum absolute atomic E-state index is 0.0240. The van der Waals surface area contributed by atoms with Crippen molar-refractivity contribution in [3.63, 3.8) is 0 Å². The van der Waals surface area contributed by atoms with E-state index in [1.807, 2.05) is 30.6 Å². The number of aromatic nitrogens is 5. The summed E-state index contributed by atoms with van der Waals surface area (Å²) in [6.45, 7) is 4.01. The normalized spacial score (nSPS) is 18.8. The average Bonchev–Trinajstić information content (AvgIpc) is 3.28. The summed E-state index contributed by atoms with van der Waals surface area (Å²) in [6, 6.07) is 16.6. The Kier molecular flexibility index (Phi) is 4.98. The van der Waals surface area contributed by atoms with Crippen molar-refractivity contribution in [2.24, 2.45) is 0 Å². The number of pyridine rings is 2. The van der Waals surface area contributed by atoms with E-state index in [4.69, 9.17) is 15.1 Å². The quantitative estimate of drug-likeness (QED) is 0.481. The van der Waals surface area contributed by atoms with Gasteiger partial charge in [-0.1, -0.05) is 30.3 Å². The predicted molar refractivity (Wildman–Crippen MR) is 124 cm³/mol. The topological polar surface area (TPSA) is 63.0 Å². The number of hydrogen-bond acceptors (Lipinski definition) is 7. The fourth-order valence-electron chi connectivity index (χ4n) is 4.32. The Bertz CT molecular complexity index is 1230. The Morgan fingerprint density at radius 2 is 1.72 bits per heavy atom. The first-order valence-corrected chi connectivity index (χ1v) is 11.6. The molecule has 0 N–H and O–H groups in total. The highest BCUT2D eigenvalue weighted by molar-refractivity contribution is 7.99. The molecule has 8 heteroatoms. The Balaban J connectivity index is 1.46. The summed E-state index contributed by atoms with van der Waals surface area (Å²) < 4.78 is 2.08. The molecule has 0 radical (unpaired) electrons. The van der Waals surface area contributed by atoms with Gasteiger partial charge in [0.15, 0.2) is 11.0 Å². The first-order chi connectivity index (χ1) is 15.8. The van der Waals surface area contributed by atoms with E-state index in [0.29, 0.717) is 5.82 Å². The Labute approximate surface area is 191 Å². The largest absolute Gasteiger partial charge is 0.304 e. The molecular weight excluding hydrogens is 418 g/mol. The van der Waals surface area contributed by atoms with Crippen LogP contribution in [-0.2, 0) is 0 Å². The van der Waals surface area contributed by atoms with E-state index in [9.17, 15) is 0 Å².